The second-order valence-electron chi connectivity index (χ2n) is 4.68. The van der Waals surface area contributed by atoms with Gasteiger partial charge in [-0.05, 0) is 44.2 Å². The molecule has 3 rings (SSSR count). The molecule has 2 aromatic heterocycles. The zero-order chi connectivity index (χ0) is 14.1. The van der Waals surface area contributed by atoms with Gasteiger partial charge in [0.1, 0.15) is 5.76 Å². The van der Waals surface area contributed by atoms with Crippen LogP contribution >= 0.6 is 0 Å². The first-order chi connectivity index (χ1) is 9.69. The first-order valence-corrected chi connectivity index (χ1v) is 6.37. The Bertz CT molecular complexity index is 768. The zero-order valence-corrected chi connectivity index (χ0v) is 11.3. The molecule has 0 unspecified atom stereocenters. The van der Waals surface area contributed by atoms with Crippen LogP contribution in [0.5, 0.6) is 0 Å². The van der Waals surface area contributed by atoms with Crippen molar-refractivity contribution in [3.63, 3.8) is 0 Å². The maximum absolute atomic E-state index is 10.8. The molecule has 4 heteroatoms. The molecule has 4 nitrogen and oxygen atoms in total. The summed E-state index contributed by atoms with van der Waals surface area (Å²) in [6.45, 7) is 3.97. The third kappa shape index (κ3) is 2.05. The van der Waals surface area contributed by atoms with Crippen molar-refractivity contribution in [3.05, 3.63) is 59.6 Å². The van der Waals surface area contributed by atoms with Crippen LogP contribution in [0.15, 0.2) is 46.9 Å². The van der Waals surface area contributed by atoms with Gasteiger partial charge in [-0.3, -0.25) is 4.79 Å². The van der Waals surface area contributed by atoms with E-state index in [0.717, 1.165) is 22.6 Å². The molecule has 0 bridgehead atoms. The van der Waals surface area contributed by atoms with Gasteiger partial charge < -0.3 is 4.42 Å². The molecule has 1 aromatic carbocycles. The fraction of sp³-hybridized carbons (Fsp3) is 0.125. The van der Waals surface area contributed by atoms with E-state index >= 15 is 0 Å². The molecule has 0 radical (unpaired) electrons. The first kappa shape index (κ1) is 12.4. The maximum atomic E-state index is 10.8. The first-order valence-electron chi connectivity index (χ1n) is 6.37. The minimum absolute atomic E-state index is 0.322. The molecule has 20 heavy (non-hydrogen) atoms. The zero-order valence-electron chi connectivity index (χ0n) is 11.3. The highest BCUT2D eigenvalue weighted by molar-refractivity contribution is 5.75. The van der Waals surface area contributed by atoms with Crippen LogP contribution in [-0.4, -0.2) is 16.1 Å². The molecule has 0 saturated carbocycles. The van der Waals surface area contributed by atoms with Crippen molar-refractivity contribution < 1.29 is 9.21 Å². The molecule has 0 spiro atoms. The second-order valence-corrected chi connectivity index (χ2v) is 4.68. The van der Waals surface area contributed by atoms with Crippen molar-refractivity contribution in [2.45, 2.75) is 13.8 Å². The van der Waals surface area contributed by atoms with E-state index in [1.165, 1.54) is 0 Å². The molecule has 100 valence electrons. The number of furan rings is 1. The van der Waals surface area contributed by atoms with Gasteiger partial charge in [-0.25, -0.2) is 4.68 Å². The second kappa shape index (κ2) is 4.81. The summed E-state index contributed by atoms with van der Waals surface area (Å²) in [7, 11) is 0. The van der Waals surface area contributed by atoms with Crippen LogP contribution in [0.4, 0.5) is 0 Å². The molecule has 2 heterocycles. The van der Waals surface area contributed by atoms with Gasteiger partial charge in [0.05, 0.1) is 11.4 Å². The third-order valence-electron chi connectivity index (χ3n) is 3.15. The van der Waals surface area contributed by atoms with Crippen molar-refractivity contribution in [3.8, 4) is 17.0 Å². The fourth-order valence-corrected chi connectivity index (χ4v) is 2.30. The van der Waals surface area contributed by atoms with Gasteiger partial charge in [0.25, 0.3) is 0 Å². The number of carbonyl (C=O) groups is 1. The number of carbonyl (C=O) groups excluding carboxylic acids is 1. The highest BCUT2D eigenvalue weighted by atomic mass is 16.3. The number of para-hydroxylation sites is 1. The molecule has 0 saturated heterocycles. The van der Waals surface area contributed by atoms with Gasteiger partial charge in [0, 0.05) is 11.3 Å². The quantitative estimate of drug-likeness (QED) is 0.681. The van der Waals surface area contributed by atoms with E-state index in [9.17, 15) is 4.79 Å². The highest BCUT2D eigenvalue weighted by Gasteiger charge is 2.12. The van der Waals surface area contributed by atoms with E-state index in [0.29, 0.717) is 17.8 Å². The van der Waals surface area contributed by atoms with E-state index in [2.05, 4.69) is 5.10 Å². The van der Waals surface area contributed by atoms with Crippen LogP contribution < -0.4 is 0 Å². The average Bonchev–Trinajstić information content (AvgIpc) is 3.05. The molecule has 3 aromatic rings. The van der Waals surface area contributed by atoms with Crippen LogP contribution in [0.1, 0.15) is 21.9 Å². The predicted octanol–water partition coefficient (Wildman–Crippen LogP) is 3.56. The van der Waals surface area contributed by atoms with Crippen LogP contribution in [0, 0.1) is 13.8 Å². The monoisotopic (exact) mass is 266 g/mol. The summed E-state index contributed by atoms with van der Waals surface area (Å²) < 4.78 is 7.40. The summed E-state index contributed by atoms with van der Waals surface area (Å²) in [6.07, 6.45) is 0.704. The predicted molar refractivity (Wildman–Crippen MR) is 76.1 cm³/mol. The summed E-state index contributed by atoms with van der Waals surface area (Å²) in [5.74, 6) is 0.985. The van der Waals surface area contributed by atoms with Gasteiger partial charge in [-0.2, -0.15) is 5.10 Å². The minimum atomic E-state index is 0.322. The molecule has 0 atom stereocenters. The third-order valence-corrected chi connectivity index (χ3v) is 3.15. The van der Waals surface area contributed by atoms with Crippen LogP contribution in [0.3, 0.4) is 0 Å². The Labute approximate surface area is 116 Å². The Balaban J connectivity index is 2.18. The average molecular weight is 266 g/mol. The number of nitrogens with zero attached hydrogens (tertiary/aromatic N) is 2. The van der Waals surface area contributed by atoms with E-state index in [4.69, 9.17) is 4.42 Å². The summed E-state index contributed by atoms with van der Waals surface area (Å²) in [5, 5.41) is 4.50. The molecule has 0 aliphatic carbocycles. The van der Waals surface area contributed by atoms with Crippen LogP contribution in [-0.2, 0) is 0 Å². The summed E-state index contributed by atoms with van der Waals surface area (Å²) in [4.78, 5) is 10.8. The lowest BCUT2D eigenvalue weighted by Crippen LogP contribution is -2.00. The normalized spacial score (nSPS) is 10.7. The molecule has 0 N–H and O–H groups in total. The number of aryl methyl sites for hydroxylation is 2. The Morgan fingerprint density at radius 2 is 1.95 bits per heavy atom. The minimum Gasteiger partial charge on any atom is -0.453 e. The standard InChI is InChI=1S/C16H14N2O2/c1-11-9-12(2)18(17-11)15-6-4-3-5-14(15)16-8-7-13(10-19)20-16/h3-10H,1-2H3. The van der Waals surface area contributed by atoms with Gasteiger partial charge in [0.15, 0.2) is 12.0 Å². The van der Waals surface area contributed by atoms with E-state index in [-0.39, 0.29) is 0 Å². The van der Waals surface area contributed by atoms with E-state index < -0.39 is 0 Å². The van der Waals surface area contributed by atoms with E-state index in [1.807, 2.05) is 48.9 Å². The lowest BCUT2D eigenvalue weighted by molar-refractivity contribution is 0.110. The lowest BCUT2D eigenvalue weighted by atomic mass is 10.1. The number of aromatic nitrogens is 2. The van der Waals surface area contributed by atoms with Gasteiger partial charge in [-0.15, -0.1) is 0 Å². The van der Waals surface area contributed by atoms with Crippen LogP contribution in [0.25, 0.3) is 17.0 Å². The SMILES string of the molecule is Cc1cc(C)n(-c2ccccc2-c2ccc(C=O)o2)n1. The highest BCUT2D eigenvalue weighted by Crippen LogP contribution is 2.28. The molecular formula is C16H14N2O2. The van der Waals surface area contributed by atoms with Gasteiger partial charge in [0.2, 0.25) is 0 Å². The van der Waals surface area contributed by atoms with Crippen molar-refractivity contribution in [2.24, 2.45) is 0 Å². The van der Waals surface area contributed by atoms with E-state index in [1.54, 1.807) is 12.1 Å². The number of hydrogen-bond acceptors (Lipinski definition) is 3. The molecule has 0 aliphatic rings. The fourth-order valence-electron chi connectivity index (χ4n) is 2.30. The van der Waals surface area contributed by atoms with Gasteiger partial charge in [-0.1, -0.05) is 12.1 Å². The number of benzene rings is 1. The van der Waals surface area contributed by atoms with Crippen LogP contribution in [0.2, 0.25) is 0 Å². The summed E-state index contributed by atoms with van der Waals surface area (Å²) >= 11 is 0. The van der Waals surface area contributed by atoms with Gasteiger partial charge >= 0.3 is 0 Å². The Morgan fingerprint density at radius 1 is 1.15 bits per heavy atom. The molecular weight excluding hydrogens is 252 g/mol. The van der Waals surface area contributed by atoms with Crippen molar-refractivity contribution in [2.75, 3.05) is 0 Å². The van der Waals surface area contributed by atoms with Crippen molar-refractivity contribution in [1.82, 2.24) is 9.78 Å². The maximum Gasteiger partial charge on any atom is 0.185 e. The molecule has 0 amide bonds. The molecule has 0 aliphatic heterocycles. The molecule has 0 fully saturated rings. The topological polar surface area (TPSA) is 48.0 Å². The number of aldehydes is 1. The Hall–Kier alpha value is -2.62. The Morgan fingerprint density at radius 3 is 2.60 bits per heavy atom. The van der Waals surface area contributed by atoms with Crippen molar-refractivity contribution >= 4 is 6.29 Å². The summed E-state index contributed by atoms with van der Waals surface area (Å²) in [5.41, 5.74) is 3.86. The Kier molecular flexibility index (Phi) is 2.99. The smallest absolute Gasteiger partial charge is 0.185 e. The number of rotatable bonds is 3. The lowest BCUT2D eigenvalue weighted by Gasteiger charge is -2.09. The largest absolute Gasteiger partial charge is 0.453 e. The number of hydrogen-bond donors (Lipinski definition) is 0. The van der Waals surface area contributed by atoms with Crippen molar-refractivity contribution in [1.29, 1.82) is 0 Å². The summed E-state index contributed by atoms with van der Waals surface area (Å²) in [6, 6.07) is 13.3.